The van der Waals surface area contributed by atoms with Gasteiger partial charge in [-0.05, 0) is 48.1 Å². The van der Waals surface area contributed by atoms with Gasteiger partial charge in [0.2, 0.25) is 0 Å². The first-order valence-electron chi connectivity index (χ1n) is 9.70. The van der Waals surface area contributed by atoms with Gasteiger partial charge < -0.3 is 19.3 Å². The Morgan fingerprint density at radius 2 is 1.89 bits per heavy atom. The first kappa shape index (κ1) is 18.6. The van der Waals surface area contributed by atoms with Crippen LogP contribution in [0.1, 0.15) is 28.0 Å². The summed E-state index contributed by atoms with van der Waals surface area (Å²) in [6.07, 6.45) is 1.98. The summed E-state index contributed by atoms with van der Waals surface area (Å²) in [5.41, 5.74) is 3.91. The van der Waals surface area contributed by atoms with E-state index in [2.05, 4.69) is 12.1 Å². The number of carbonyl (C=O) groups is 1. The molecule has 0 spiro atoms. The lowest BCUT2D eigenvalue weighted by atomic mass is 9.98. The van der Waals surface area contributed by atoms with Crippen molar-refractivity contribution >= 4 is 16.8 Å². The van der Waals surface area contributed by atoms with Gasteiger partial charge in [-0.2, -0.15) is 0 Å². The minimum Gasteiger partial charge on any atom is -0.497 e. The number of fused-ring (bicyclic) bond motifs is 1. The zero-order valence-electron chi connectivity index (χ0n) is 16.4. The Kier molecular flexibility index (Phi) is 5.09. The standard InChI is InChI=1S/C23H26N2O3/c1-24-21-13-20(28-2)8-7-19(21)12-22(24)23(27)25-10-9-18(14-25)11-16-3-5-17(15-26)6-4-16/h3-8,12-13,18,26H,9-11,14-15H2,1-2H3. The number of aryl methyl sites for hydroxylation is 1. The largest absolute Gasteiger partial charge is 0.497 e. The molecule has 1 unspecified atom stereocenters. The quantitative estimate of drug-likeness (QED) is 0.740. The van der Waals surface area contributed by atoms with E-state index >= 15 is 0 Å². The van der Waals surface area contributed by atoms with Crippen LogP contribution in [-0.4, -0.2) is 40.7 Å². The van der Waals surface area contributed by atoms with Crippen LogP contribution >= 0.6 is 0 Å². The molecule has 0 saturated carbocycles. The van der Waals surface area contributed by atoms with E-state index in [9.17, 15) is 4.79 Å². The molecule has 0 radical (unpaired) electrons. The molecule has 5 nitrogen and oxygen atoms in total. The number of hydrogen-bond donors (Lipinski definition) is 1. The Bertz CT molecular complexity index is 991. The second-order valence-corrected chi connectivity index (χ2v) is 7.60. The molecule has 4 rings (SSSR count). The van der Waals surface area contributed by atoms with Gasteiger partial charge in [0.05, 0.1) is 19.2 Å². The highest BCUT2D eigenvalue weighted by Crippen LogP contribution is 2.27. The molecule has 5 heteroatoms. The van der Waals surface area contributed by atoms with E-state index in [4.69, 9.17) is 9.84 Å². The molecular weight excluding hydrogens is 352 g/mol. The molecule has 1 saturated heterocycles. The first-order chi connectivity index (χ1) is 13.6. The van der Waals surface area contributed by atoms with Gasteiger partial charge in [-0.25, -0.2) is 0 Å². The normalized spacial score (nSPS) is 16.7. The van der Waals surface area contributed by atoms with Gasteiger partial charge in [-0.15, -0.1) is 0 Å². The lowest BCUT2D eigenvalue weighted by Crippen LogP contribution is -2.30. The van der Waals surface area contributed by atoms with Crippen molar-refractivity contribution in [1.29, 1.82) is 0 Å². The predicted molar refractivity (Wildman–Crippen MR) is 110 cm³/mol. The van der Waals surface area contributed by atoms with Crippen molar-refractivity contribution in [1.82, 2.24) is 9.47 Å². The number of methoxy groups -OCH3 is 1. The highest BCUT2D eigenvalue weighted by Gasteiger charge is 2.28. The van der Waals surface area contributed by atoms with Crippen molar-refractivity contribution in [3.05, 3.63) is 65.4 Å². The third kappa shape index (κ3) is 3.50. The second-order valence-electron chi connectivity index (χ2n) is 7.60. The number of ether oxygens (including phenoxy) is 1. The maximum Gasteiger partial charge on any atom is 0.270 e. The lowest BCUT2D eigenvalue weighted by molar-refractivity contribution is 0.0778. The van der Waals surface area contributed by atoms with Crippen molar-refractivity contribution in [2.24, 2.45) is 13.0 Å². The number of carbonyl (C=O) groups excluding carboxylic acids is 1. The molecule has 3 aromatic rings. The summed E-state index contributed by atoms with van der Waals surface area (Å²) in [6.45, 7) is 1.65. The van der Waals surface area contributed by atoms with Crippen LogP contribution in [0.3, 0.4) is 0 Å². The average Bonchev–Trinajstić information content (AvgIpc) is 3.32. The third-order valence-corrected chi connectivity index (χ3v) is 5.77. The Hall–Kier alpha value is -2.79. The monoisotopic (exact) mass is 378 g/mol. The van der Waals surface area contributed by atoms with Gasteiger partial charge in [-0.3, -0.25) is 4.79 Å². The van der Waals surface area contributed by atoms with Crippen LogP contribution in [0.4, 0.5) is 0 Å². The summed E-state index contributed by atoms with van der Waals surface area (Å²) in [5.74, 6) is 1.36. The van der Waals surface area contributed by atoms with Crippen LogP contribution in [0, 0.1) is 5.92 Å². The first-order valence-corrected chi connectivity index (χ1v) is 9.70. The van der Waals surface area contributed by atoms with Gasteiger partial charge in [0, 0.05) is 31.6 Å². The van der Waals surface area contributed by atoms with Gasteiger partial charge in [0.15, 0.2) is 0 Å². The third-order valence-electron chi connectivity index (χ3n) is 5.77. The second kappa shape index (κ2) is 7.68. The summed E-state index contributed by atoms with van der Waals surface area (Å²) in [6, 6.07) is 15.9. The molecule has 1 amide bonds. The van der Waals surface area contributed by atoms with E-state index in [0.717, 1.165) is 53.8 Å². The maximum absolute atomic E-state index is 13.1. The van der Waals surface area contributed by atoms with E-state index < -0.39 is 0 Å². The number of likely N-dealkylation sites (tertiary alicyclic amines) is 1. The van der Waals surface area contributed by atoms with E-state index in [1.807, 2.05) is 52.9 Å². The van der Waals surface area contributed by atoms with Gasteiger partial charge in [-0.1, -0.05) is 24.3 Å². The van der Waals surface area contributed by atoms with Crippen LogP contribution in [0.15, 0.2) is 48.5 Å². The fourth-order valence-corrected chi connectivity index (χ4v) is 4.10. The zero-order valence-corrected chi connectivity index (χ0v) is 16.4. The Morgan fingerprint density at radius 1 is 1.14 bits per heavy atom. The molecule has 28 heavy (non-hydrogen) atoms. The Labute approximate surface area is 165 Å². The number of aromatic nitrogens is 1. The van der Waals surface area contributed by atoms with Crippen molar-refractivity contribution in [2.75, 3.05) is 20.2 Å². The number of benzene rings is 2. The van der Waals surface area contributed by atoms with Crippen LogP contribution in [0.2, 0.25) is 0 Å². The molecule has 0 aliphatic carbocycles. The smallest absolute Gasteiger partial charge is 0.270 e. The van der Waals surface area contributed by atoms with Gasteiger partial charge in [0.1, 0.15) is 11.4 Å². The Balaban J connectivity index is 1.47. The SMILES string of the molecule is COc1ccc2cc(C(=O)N3CCC(Cc4ccc(CO)cc4)C3)n(C)c2c1. The van der Waals surface area contributed by atoms with E-state index in [1.165, 1.54) is 5.56 Å². The molecule has 1 aliphatic rings. The molecule has 2 heterocycles. The number of hydrogen-bond acceptors (Lipinski definition) is 3. The van der Waals surface area contributed by atoms with Crippen LogP contribution in [0.25, 0.3) is 10.9 Å². The number of rotatable bonds is 5. The fourth-order valence-electron chi connectivity index (χ4n) is 4.10. The van der Waals surface area contributed by atoms with E-state index in [1.54, 1.807) is 7.11 Å². The van der Waals surface area contributed by atoms with Gasteiger partial charge >= 0.3 is 0 Å². The molecule has 1 atom stereocenters. The number of aliphatic hydroxyl groups is 1. The van der Waals surface area contributed by atoms with E-state index in [-0.39, 0.29) is 12.5 Å². The average molecular weight is 378 g/mol. The van der Waals surface area contributed by atoms with Gasteiger partial charge in [0.25, 0.3) is 5.91 Å². The topological polar surface area (TPSA) is 54.7 Å². The van der Waals surface area contributed by atoms with E-state index in [0.29, 0.717) is 5.92 Å². The summed E-state index contributed by atoms with van der Waals surface area (Å²) in [7, 11) is 3.59. The molecule has 1 aromatic heterocycles. The highest BCUT2D eigenvalue weighted by molar-refractivity contribution is 5.99. The Morgan fingerprint density at radius 3 is 2.61 bits per heavy atom. The predicted octanol–water partition coefficient (Wildman–Crippen LogP) is 3.38. The van der Waals surface area contributed by atoms with Crippen LogP contribution in [-0.2, 0) is 20.1 Å². The van der Waals surface area contributed by atoms with Crippen molar-refractivity contribution in [3.63, 3.8) is 0 Å². The van der Waals surface area contributed by atoms with Crippen LogP contribution in [0.5, 0.6) is 5.75 Å². The summed E-state index contributed by atoms with van der Waals surface area (Å²) >= 11 is 0. The number of amides is 1. The summed E-state index contributed by atoms with van der Waals surface area (Å²) in [5, 5.41) is 10.2. The maximum atomic E-state index is 13.1. The van der Waals surface area contributed by atoms with Crippen LogP contribution < -0.4 is 4.74 Å². The van der Waals surface area contributed by atoms with Crippen molar-refractivity contribution in [2.45, 2.75) is 19.4 Å². The number of aliphatic hydroxyl groups excluding tert-OH is 1. The summed E-state index contributed by atoms with van der Waals surface area (Å²) < 4.78 is 7.27. The molecule has 146 valence electrons. The molecule has 2 aromatic carbocycles. The molecule has 1 aliphatic heterocycles. The van der Waals surface area contributed by atoms with Crippen molar-refractivity contribution in [3.8, 4) is 5.75 Å². The number of nitrogens with zero attached hydrogens (tertiary/aromatic N) is 2. The molecule has 1 N–H and O–H groups in total. The lowest BCUT2D eigenvalue weighted by Gasteiger charge is -2.17. The zero-order chi connectivity index (χ0) is 19.7. The molecule has 0 bridgehead atoms. The summed E-state index contributed by atoms with van der Waals surface area (Å²) in [4.78, 5) is 15.1. The highest BCUT2D eigenvalue weighted by atomic mass is 16.5. The minimum absolute atomic E-state index is 0.0723. The molecule has 1 fully saturated rings. The molecular formula is C23H26N2O3. The minimum atomic E-state index is 0.0723. The van der Waals surface area contributed by atoms with Crippen molar-refractivity contribution < 1.29 is 14.6 Å². The fraction of sp³-hybridized carbons (Fsp3) is 0.348.